The Labute approximate surface area is 196 Å². The Morgan fingerprint density at radius 1 is 0.421 bits per heavy atom. The van der Waals surface area contributed by atoms with Crippen LogP contribution < -0.4 is 5.32 Å². The smallest absolute Gasteiger partial charge is 0.253 e. The fourth-order valence-corrected chi connectivity index (χ4v) is 2.36. The fraction of sp³-hybridized carbons (Fsp3) is 0.333. The van der Waals surface area contributed by atoms with Crippen molar-refractivity contribution in [2.24, 2.45) is 0 Å². The Bertz CT molecular complexity index is 1070. The highest BCUT2D eigenvalue weighted by molar-refractivity contribution is 5.67. The third kappa shape index (κ3) is 5.31. The van der Waals surface area contributed by atoms with Gasteiger partial charge in [0.25, 0.3) is 0 Å². The Morgan fingerprint density at radius 2 is 0.658 bits per heavy atom. The van der Waals surface area contributed by atoms with Gasteiger partial charge in [-0.05, 0) is 6.54 Å². The second-order valence-corrected chi connectivity index (χ2v) is 6.64. The Kier molecular flexibility index (Phi) is 9.30. The summed E-state index contributed by atoms with van der Waals surface area (Å²) in [5, 5.41) is 0.577. The van der Waals surface area contributed by atoms with Crippen molar-refractivity contribution in [1.29, 1.82) is 0 Å². The van der Waals surface area contributed by atoms with Gasteiger partial charge in [0, 0.05) is 0 Å². The van der Waals surface area contributed by atoms with Crippen LogP contribution in [0.5, 0.6) is 0 Å². The zero-order chi connectivity index (χ0) is 30.3. The molecule has 0 spiro atoms. The van der Waals surface area contributed by atoms with Crippen LogP contribution in [-0.2, 0) is 0 Å². The highest BCUT2D eigenvalue weighted by atomic mass is 19.4. The van der Waals surface area contributed by atoms with Gasteiger partial charge in [-0.3, -0.25) is 5.32 Å². The summed E-state index contributed by atoms with van der Waals surface area (Å²) in [7, 11) is 0. The minimum Gasteiger partial charge on any atom is -0.253 e. The molecule has 1 N–H and O–H groups in total. The van der Waals surface area contributed by atoms with E-state index in [1.165, 1.54) is 0 Å². The maximum atomic E-state index is 13.4. The van der Waals surface area contributed by atoms with E-state index >= 15 is 0 Å². The van der Waals surface area contributed by atoms with Crippen LogP contribution >= 0.6 is 0 Å². The van der Waals surface area contributed by atoms with Gasteiger partial charge < -0.3 is 0 Å². The van der Waals surface area contributed by atoms with Gasteiger partial charge in [0.2, 0.25) is 11.6 Å². The zero-order valence-corrected chi connectivity index (χ0v) is 17.4. The molecule has 2 aromatic rings. The van der Waals surface area contributed by atoms with Crippen LogP contribution in [0.1, 0.15) is 6.92 Å². The third-order valence-electron chi connectivity index (χ3n) is 4.21. The quantitative estimate of drug-likeness (QED) is 0.161. The summed E-state index contributed by atoms with van der Waals surface area (Å²) in [4.78, 5) is 0. The van der Waals surface area contributed by atoms with E-state index < -0.39 is 99.9 Å². The molecule has 0 aromatic heterocycles. The van der Waals surface area contributed by atoms with E-state index in [1.54, 1.807) is 0 Å². The largest absolute Gasteiger partial charge is 0.460 e. The van der Waals surface area contributed by atoms with E-state index in [4.69, 9.17) is 0 Å². The molecule has 0 unspecified atom stereocenters. The van der Waals surface area contributed by atoms with Crippen molar-refractivity contribution in [2.45, 2.75) is 31.0 Å². The highest BCUT2D eigenvalue weighted by Gasteiger charge is 2.81. The standard InChI is InChI=1S/C12F10.C6H6F9N/c13-3-1(4(14)8(18)11(21)7(3)17)2-5(15)9(19)12(22)10(20)6(2)16;1-2-16-6(14,15)4(9,10)3(7,8)5(11,12)13/h;16H,2H2,1H3. The van der Waals surface area contributed by atoms with Crippen LogP contribution in [0, 0.1) is 58.2 Å². The normalized spacial score (nSPS) is 12.9. The lowest BCUT2D eigenvalue weighted by Crippen LogP contribution is -2.65. The second-order valence-electron chi connectivity index (χ2n) is 6.64. The molecule has 0 aliphatic heterocycles. The molecule has 0 saturated heterocycles. The molecule has 2 aromatic carbocycles. The van der Waals surface area contributed by atoms with Crippen LogP contribution in [0.15, 0.2) is 0 Å². The molecule has 0 radical (unpaired) electrons. The van der Waals surface area contributed by atoms with Crippen molar-refractivity contribution in [3.8, 4) is 11.1 Å². The van der Waals surface area contributed by atoms with Gasteiger partial charge in [0.15, 0.2) is 46.5 Å². The van der Waals surface area contributed by atoms with Crippen molar-refractivity contribution in [2.75, 3.05) is 6.54 Å². The number of hydrogen-bond acceptors (Lipinski definition) is 1. The second kappa shape index (κ2) is 10.7. The molecule has 0 bridgehead atoms. The lowest BCUT2D eigenvalue weighted by Gasteiger charge is -2.33. The van der Waals surface area contributed by atoms with Gasteiger partial charge in [0.1, 0.15) is 0 Å². The van der Waals surface area contributed by atoms with Crippen LogP contribution in [-0.4, -0.2) is 30.6 Å². The molecular weight excluding hydrogens is 591 g/mol. The number of halogens is 19. The molecule has 1 nitrogen and oxygen atoms in total. The first-order valence-corrected chi connectivity index (χ1v) is 8.90. The Morgan fingerprint density at radius 3 is 0.868 bits per heavy atom. The first-order chi connectivity index (χ1) is 16.9. The van der Waals surface area contributed by atoms with Gasteiger partial charge in [-0.2, -0.15) is 39.5 Å². The number of alkyl halides is 9. The van der Waals surface area contributed by atoms with E-state index in [9.17, 15) is 83.4 Å². The lowest BCUT2D eigenvalue weighted by atomic mass is 10.0. The van der Waals surface area contributed by atoms with Crippen molar-refractivity contribution in [3.05, 3.63) is 58.2 Å². The van der Waals surface area contributed by atoms with E-state index in [0.29, 0.717) is 5.32 Å². The SMILES string of the molecule is CCNC(F)(F)C(F)(F)C(F)(F)C(F)(F)F.Fc1c(F)c(F)c(-c2c(F)c(F)c(F)c(F)c2F)c(F)c1F. The summed E-state index contributed by atoms with van der Waals surface area (Å²) in [5.41, 5.74) is -4.52. The fourth-order valence-electron chi connectivity index (χ4n) is 2.36. The van der Waals surface area contributed by atoms with Crippen molar-refractivity contribution >= 4 is 0 Å². The maximum Gasteiger partial charge on any atom is 0.460 e. The van der Waals surface area contributed by atoms with Crippen LogP contribution in [0.25, 0.3) is 11.1 Å². The molecular formula is C18H6F19N. The van der Waals surface area contributed by atoms with Crippen molar-refractivity contribution in [1.82, 2.24) is 5.32 Å². The number of nitrogens with one attached hydrogen (secondary N) is 1. The number of rotatable bonds is 5. The molecule has 0 saturated carbocycles. The van der Waals surface area contributed by atoms with Crippen LogP contribution in [0.4, 0.5) is 83.4 Å². The van der Waals surface area contributed by atoms with Crippen LogP contribution in [0.3, 0.4) is 0 Å². The van der Waals surface area contributed by atoms with Gasteiger partial charge in [-0.1, -0.05) is 6.92 Å². The third-order valence-corrected chi connectivity index (χ3v) is 4.21. The number of benzene rings is 2. The predicted molar refractivity (Wildman–Crippen MR) is 86.0 cm³/mol. The van der Waals surface area contributed by atoms with Crippen molar-refractivity contribution < 1.29 is 83.4 Å². The van der Waals surface area contributed by atoms with Gasteiger partial charge >= 0.3 is 24.1 Å². The minimum atomic E-state index is -6.83. The average Bonchev–Trinajstić information content (AvgIpc) is 2.80. The maximum absolute atomic E-state index is 13.4. The van der Waals surface area contributed by atoms with Gasteiger partial charge in [-0.15, -0.1) is 0 Å². The molecule has 0 atom stereocenters. The summed E-state index contributed by atoms with van der Waals surface area (Å²) in [5.74, 6) is -40.0. The van der Waals surface area contributed by atoms with Gasteiger partial charge in [-0.25, -0.2) is 43.9 Å². The predicted octanol–water partition coefficient (Wildman–Crippen LogP) is 7.77. The summed E-state index contributed by atoms with van der Waals surface area (Å²) in [6, 6.07) is -5.67. The van der Waals surface area contributed by atoms with E-state index in [0.717, 1.165) is 6.92 Å². The topological polar surface area (TPSA) is 12.0 Å². The van der Waals surface area contributed by atoms with Crippen molar-refractivity contribution in [3.63, 3.8) is 0 Å². The molecule has 216 valence electrons. The molecule has 0 aliphatic carbocycles. The highest BCUT2D eigenvalue weighted by Crippen LogP contribution is 2.52. The molecule has 38 heavy (non-hydrogen) atoms. The number of hydrogen-bond donors (Lipinski definition) is 1. The Hall–Kier alpha value is -2.93. The molecule has 0 amide bonds. The first-order valence-electron chi connectivity index (χ1n) is 8.90. The summed E-state index contributed by atoms with van der Waals surface area (Å²) in [6.45, 7) is -0.0632. The molecule has 0 heterocycles. The Balaban J connectivity index is 0.000000403. The molecule has 0 aliphatic rings. The van der Waals surface area contributed by atoms with E-state index in [2.05, 4.69) is 0 Å². The van der Waals surface area contributed by atoms with Gasteiger partial charge in [0.05, 0.1) is 11.1 Å². The zero-order valence-electron chi connectivity index (χ0n) is 17.4. The monoisotopic (exact) mass is 597 g/mol. The average molecular weight is 597 g/mol. The summed E-state index contributed by atoms with van der Waals surface area (Å²) in [6.07, 6.45) is -6.77. The first kappa shape index (κ1) is 33.1. The molecule has 20 heteroatoms. The summed E-state index contributed by atoms with van der Waals surface area (Å²) >= 11 is 0. The summed E-state index contributed by atoms with van der Waals surface area (Å²) < 4.78 is 239. The lowest BCUT2D eigenvalue weighted by molar-refractivity contribution is -0.400. The van der Waals surface area contributed by atoms with E-state index in [-0.39, 0.29) is 0 Å². The van der Waals surface area contributed by atoms with E-state index in [1.807, 2.05) is 0 Å². The van der Waals surface area contributed by atoms with Crippen LogP contribution in [0.2, 0.25) is 0 Å². The molecule has 2 rings (SSSR count). The minimum absolute atomic E-state index is 0.577. The molecule has 0 fully saturated rings.